The van der Waals surface area contributed by atoms with E-state index in [1.54, 1.807) is 6.07 Å². The molecule has 1 nitrogen and oxygen atoms in total. The molecule has 0 atom stereocenters. The Morgan fingerprint density at radius 1 is 1.43 bits per heavy atom. The summed E-state index contributed by atoms with van der Waals surface area (Å²) in [4.78, 5) is 11.4. The van der Waals surface area contributed by atoms with Gasteiger partial charge in [-0.3, -0.25) is 4.79 Å². The Morgan fingerprint density at radius 3 is 2.57 bits per heavy atom. The van der Waals surface area contributed by atoms with Gasteiger partial charge >= 0.3 is 6.18 Å². The fourth-order valence-electron chi connectivity index (χ4n) is 1.02. The molecule has 0 N–H and O–H groups in total. The molecule has 78 valence electrons. The molecular formula is C9H9F3OS. The molecule has 1 aromatic heterocycles. The Bertz CT molecular complexity index is 327. The summed E-state index contributed by atoms with van der Waals surface area (Å²) < 4.78 is 36.0. The summed E-state index contributed by atoms with van der Waals surface area (Å²) in [6.07, 6.45) is -3.18. The average Bonchev–Trinajstić information content (AvgIpc) is 2.50. The van der Waals surface area contributed by atoms with Crippen LogP contribution >= 0.6 is 11.3 Å². The van der Waals surface area contributed by atoms with E-state index in [0.717, 1.165) is 29.1 Å². The number of carbonyl (C=O) groups is 1. The maximum Gasteiger partial charge on any atom is 0.455 e. The van der Waals surface area contributed by atoms with E-state index < -0.39 is 12.0 Å². The first-order valence-electron chi connectivity index (χ1n) is 4.15. The van der Waals surface area contributed by atoms with E-state index in [-0.39, 0.29) is 4.88 Å². The number of rotatable bonds is 3. The molecule has 0 aliphatic rings. The van der Waals surface area contributed by atoms with Crippen LogP contribution in [-0.2, 0) is 6.42 Å². The average molecular weight is 222 g/mol. The third kappa shape index (κ3) is 2.57. The quantitative estimate of drug-likeness (QED) is 0.716. The van der Waals surface area contributed by atoms with Gasteiger partial charge in [-0.2, -0.15) is 13.2 Å². The molecule has 0 aliphatic carbocycles. The molecule has 1 aromatic rings. The number of thiophene rings is 1. The van der Waals surface area contributed by atoms with Gasteiger partial charge in [-0.05, 0) is 18.6 Å². The molecule has 0 saturated heterocycles. The normalized spacial score (nSPS) is 11.7. The number of alkyl halides is 3. The second-order valence-corrected chi connectivity index (χ2v) is 4.01. The van der Waals surface area contributed by atoms with E-state index in [2.05, 4.69) is 0 Å². The molecule has 5 heteroatoms. The second-order valence-electron chi connectivity index (χ2n) is 2.84. The van der Waals surface area contributed by atoms with E-state index in [1.165, 1.54) is 6.07 Å². The van der Waals surface area contributed by atoms with Crippen molar-refractivity contribution in [2.75, 3.05) is 0 Å². The zero-order valence-electron chi connectivity index (χ0n) is 7.52. The fraction of sp³-hybridized carbons (Fsp3) is 0.444. The molecule has 0 unspecified atom stereocenters. The van der Waals surface area contributed by atoms with Gasteiger partial charge in [0.2, 0.25) is 0 Å². The smallest absolute Gasteiger partial charge is 0.283 e. The summed E-state index contributed by atoms with van der Waals surface area (Å²) in [6.45, 7) is 1.94. The minimum Gasteiger partial charge on any atom is -0.283 e. The highest BCUT2D eigenvalue weighted by atomic mass is 32.1. The predicted octanol–water partition coefficient (Wildman–Crippen LogP) is 3.45. The van der Waals surface area contributed by atoms with E-state index >= 15 is 0 Å². The SMILES string of the molecule is CCCc1ccc(C(=O)C(F)(F)F)s1. The van der Waals surface area contributed by atoms with Crippen LogP contribution in [0.5, 0.6) is 0 Å². The Labute approximate surface area is 83.6 Å². The highest BCUT2D eigenvalue weighted by Crippen LogP contribution is 2.26. The highest BCUT2D eigenvalue weighted by molar-refractivity contribution is 7.14. The predicted molar refractivity (Wildman–Crippen MR) is 48.7 cm³/mol. The maximum absolute atomic E-state index is 12.0. The third-order valence-electron chi connectivity index (χ3n) is 1.64. The Morgan fingerprint density at radius 2 is 2.07 bits per heavy atom. The standard InChI is InChI=1S/C9H9F3OS/c1-2-3-6-4-5-7(14-6)8(13)9(10,11)12/h4-5H,2-3H2,1H3. The van der Waals surface area contributed by atoms with Crippen molar-refractivity contribution in [1.82, 2.24) is 0 Å². The number of hydrogen-bond donors (Lipinski definition) is 0. The minimum atomic E-state index is -4.76. The first-order valence-corrected chi connectivity index (χ1v) is 4.97. The van der Waals surface area contributed by atoms with Crippen molar-refractivity contribution < 1.29 is 18.0 Å². The lowest BCUT2D eigenvalue weighted by Gasteiger charge is -2.01. The maximum atomic E-state index is 12.0. The number of ketones is 1. The second kappa shape index (κ2) is 4.13. The van der Waals surface area contributed by atoms with E-state index in [9.17, 15) is 18.0 Å². The van der Waals surface area contributed by atoms with Crippen molar-refractivity contribution in [3.63, 3.8) is 0 Å². The summed E-state index contributed by atoms with van der Waals surface area (Å²) >= 11 is 0.923. The monoisotopic (exact) mass is 222 g/mol. The van der Waals surface area contributed by atoms with E-state index in [4.69, 9.17) is 0 Å². The van der Waals surface area contributed by atoms with Crippen LogP contribution in [0.4, 0.5) is 13.2 Å². The number of Topliss-reactive ketones (excluding diaryl/α,β-unsaturated/α-hetero) is 1. The van der Waals surface area contributed by atoms with Gasteiger partial charge in [0.25, 0.3) is 5.78 Å². The van der Waals surface area contributed by atoms with Crippen LogP contribution in [0.15, 0.2) is 12.1 Å². The molecule has 0 aromatic carbocycles. The number of aryl methyl sites for hydroxylation is 1. The van der Waals surface area contributed by atoms with Gasteiger partial charge in [0, 0.05) is 4.88 Å². The topological polar surface area (TPSA) is 17.1 Å². The molecule has 0 spiro atoms. The van der Waals surface area contributed by atoms with Crippen LogP contribution in [0.3, 0.4) is 0 Å². The molecule has 0 fully saturated rings. The van der Waals surface area contributed by atoms with Crippen molar-refractivity contribution in [2.45, 2.75) is 25.9 Å². The summed E-state index contributed by atoms with van der Waals surface area (Å²) in [5, 5.41) is 0. The molecule has 0 amide bonds. The summed E-state index contributed by atoms with van der Waals surface area (Å²) in [7, 11) is 0. The fourth-order valence-corrected chi connectivity index (χ4v) is 2.09. The Kier molecular flexibility index (Phi) is 3.31. The van der Waals surface area contributed by atoms with Crippen LogP contribution < -0.4 is 0 Å². The molecular weight excluding hydrogens is 213 g/mol. The van der Waals surface area contributed by atoms with Gasteiger partial charge in [-0.25, -0.2) is 0 Å². The molecule has 14 heavy (non-hydrogen) atoms. The van der Waals surface area contributed by atoms with Gasteiger partial charge in [0.05, 0.1) is 4.88 Å². The summed E-state index contributed by atoms with van der Waals surface area (Å²) in [5.74, 6) is -1.75. The lowest BCUT2D eigenvalue weighted by atomic mass is 10.2. The van der Waals surface area contributed by atoms with Crippen molar-refractivity contribution in [2.24, 2.45) is 0 Å². The van der Waals surface area contributed by atoms with Gasteiger partial charge in [-0.1, -0.05) is 13.3 Å². The molecule has 1 rings (SSSR count). The Hall–Kier alpha value is -0.840. The summed E-state index contributed by atoms with van der Waals surface area (Å²) in [6, 6.07) is 2.82. The summed E-state index contributed by atoms with van der Waals surface area (Å²) in [5.41, 5.74) is 0. The van der Waals surface area contributed by atoms with Crippen LogP contribution in [0.2, 0.25) is 0 Å². The third-order valence-corrected chi connectivity index (χ3v) is 2.78. The first-order chi connectivity index (χ1) is 6.45. The molecule has 0 saturated carbocycles. The van der Waals surface area contributed by atoms with Crippen molar-refractivity contribution in [1.29, 1.82) is 0 Å². The number of hydrogen-bond acceptors (Lipinski definition) is 2. The first kappa shape index (κ1) is 11.2. The van der Waals surface area contributed by atoms with Gasteiger partial charge in [0.1, 0.15) is 0 Å². The van der Waals surface area contributed by atoms with Crippen LogP contribution in [0.25, 0.3) is 0 Å². The molecule has 1 heterocycles. The molecule has 0 radical (unpaired) electrons. The van der Waals surface area contributed by atoms with Crippen molar-refractivity contribution in [3.8, 4) is 0 Å². The van der Waals surface area contributed by atoms with E-state index in [0.29, 0.717) is 0 Å². The minimum absolute atomic E-state index is 0.221. The largest absolute Gasteiger partial charge is 0.455 e. The highest BCUT2D eigenvalue weighted by Gasteiger charge is 2.40. The van der Waals surface area contributed by atoms with Gasteiger partial charge in [-0.15, -0.1) is 11.3 Å². The van der Waals surface area contributed by atoms with Crippen LogP contribution in [-0.4, -0.2) is 12.0 Å². The van der Waals surface area contributed by atoms with Gasteiger partial charge in [0.15, 0.2) is 0 Å². The van der Waals surface area contributed by atoms with Crippen LogP contribution in [0.1, 0.15) is 27.9 Å². The van der Waals surface area contributed by atoms with Crippen LogP contribution in [0, 0.1) is 0 Å². The van der Waals surface area contributed by atoms with Crippen molar-refractivity contribution >= 4 is 17.1 Å². The number of halogens is 3. The lowest BCUT2D eigenvalue weighted by Crippen LogP contribution is -2.21. The van der Waals surface area contributed by atoms with Gasteiger partial charge < -0.3 is 0 Å². The number of carbonyl (C=O) groups excluding carboxylic acids is 1. The van der Waals surface area contributed by atoms with Crippen molar-refractivity contribution in [3.05, 3.63) is 21.9 Å². The zero-order valence-corrected chi connectivity index (χ0v) is 8.34. The van der Waals surface area contributed by atoms with E-state index in [1.807, 2.05) is 6.92 Å². The molecule has 0 bridgehead atoms. The Balaban J connectivity index is 2.82. The lowest BCUT2D eigenvalue weighted by molar-refractivity contribution is -0.0882. The zero-order chi connectivity index (χ0) is 10.8. The molecule has 0 aliphatic heterocycles.